The third-order valence-electron chi connectivity index (χ3n) is 4.56. The second-order valence-corrected chi connectivity index (χ2v) is 8.49. The van der Waals surface area contributed by atoms with Gasteiger partial charge in [-0.2, -0.15) is 0 Å². The quantitative estimate of drug-likeness (QED) is 0.543. The van der Waals surface area contributed by atoms with E-state index in [9.17, 15) is 17.2 Å². The lowest BCUT2D eigenvalue weighted by Gasteiger charge is -2.25. The molecule has 0 unspecified atom stereocenters. The summed E-state index contributed by atoms with van der Waals surface area (Å²) in [6.45, 7) is 1.44. The Bertz CT molecular complexity index is 1140. The van der Waals surface area contributed by atoms with Crippen LogP contribution in [0.15, 0.2) is 65.6 Å². The van der Waals surface area contributed by atoms with Crippen molar-refractivity contribution in [3.05, 3.63) is 83.4 Å². The molecule has 30 heavy (non-hydrogen) atoms. The summed E-state index contributed by atoms with van der Waals surface area (Å²) in [5, 5.41) is 0. The molecule has 0 atom stereocenters. The molecule has 0 bridgehead atoms. The first-order valence-electron chi connectivity index (χ1n) is 9.01. The molecule has 0 N–H and O–H groups in total. The lowest BCUT2D eigenvalue weighted by molar-refractivity contribution is 0.393. The van der Waals surface area contributed by atoms with E-state index in [2.05, 4.69) is 0 Å². The number of aryl methyl sites for hydroxylation is 1. The number of hydrogen-bond acceptors (Lipinski definition) is 4. The second-order valence-electron chi connectivity index (χ2n) is 6.62. The van der Waals surface area contributed by atoms with E-state index in [0.717, 1.165) is 22.5 Å². The van der Waals surface area contributed by atoms with Gasteiger partial charge in [0.25, 0.3) is 10.0 Å². The van der Waals surface area contributed by atoms with Crippen molar-refractivity contribution in [2.75, 3.05) is 18.5 Å². The van der Waals surface area contributed by atoms with Gasteiger partial charge in [0.1, 0.15) is 23.1 Å². The van der Waals surface area contributed by atoms with Gasteiger partial charge in [0.2, 0.25) is 0 Å². The summed E-state index contributed by atoms with van der Waals surface area (Å²) < 4.78 is 66.2. The summed E-state index contributed by atoms with van der Waals surface area (Å²) in [6, 6.07) is 13.8. The fourth-order valence-electron chi connectivity index (χ4n) is 2.93. The largest absolute Gasteiger partial charge is 0.497 e. The molecule has 0 amide bonds. The summed E-state index contributed by atoms with van der Waals surface area (Å²) >= 11 is 0. The molecule has 0 saturated carbocycles. The zero-order valence-corrected chi connectivity index (χ0v) is 17.5. The van der Waals surface area contributed by atoms with Gasteiger partial charge in [0.05, 0.1) is 31.3 Å². The molecule has 3 rings (SSSR count). The molecule has 3 aromatic carbocycles. The van der Waals surface area contributed by atoms with Crippen LogP contribution in [0.2, 0.25) is 0 Å². The van der Waals surface area contributed by atoms with Gasteiger partial charge < -0.3 is 9.47 Å². The van der Waals surface area contributed by atoms with Gasteiger partial charge in [-0.1, -0.05) is 12.1 Å². The lowest BCUT2D eigenvalue weighted by atomic mass is 10.1. The Morgan fingerprint density at radius 2 is 1.57 bits per heavy atom. The van der Waals surface area contributed by atoms with Crippen LogP contribution in [0, 0.1) is 18.6 Å². The minimum Gasteiger partial charge on any atom is -0.497 e. The Morgan fingerprint density at radius 1 is 0.900 bits per heavy atom. The first-order chi connectivity index (χ1) is 14.2. The molecule has 3 aromatic rings. The fourth-order valence-corrected chi connectivity index (χ4v) is 4.41. The van der Waals surface area contributed by atoms with E-state index in [4.69, 9.17) is 9.47 Å². The highest BCUT2D eigenvalue weighted by Crippen LogP contribution is 2.30. The van der Waals surface area contributed by atoms with E-state index in [1.165, 1.54) is 38.5 Å². The maximum absolute atomic E-state index is 14.2. The minimum absolute atomic E-state index is 0.115. The van der Waals surface area contributed by atoms with Crippen LogP contribution in [0.3, 0.4) is 0 Å². The van der Waals surface area contributed by atoms with E-state index in [-0.39, 0.29) is 17.1 Å². The van der Waals surface area contributed by atoms with E-state index < -0.39 is 21.7 Å². The summed E-state index contributed by atoms with van der Waals surface area (Å²) in [6.07, 6.45) is 0. The van der Waals surface area contributed by atoms with Gasteiger partial charge in [-0.25, -0.2) is 17.2 Å². The van der Waals surface area contributed by atoms with Gasteiger partial charge in [0, 0.05) is 6.07 Å². The van der Waals surface area contributed by atoms with Crippen molar-refractivity contribution in [1.82, 2.24) is 0 Å². The summed E-state index contributed by atoms with van der Waals surface area (Å²) in [5.74, 6) is -0.283. The maximum Gasteiger partial charge on any atom is 0.264 e. The van der Waals surface area contributed by atoms with E-state index in [1.807, 2.05) is 0 Å². The zero-order chi connectivity index (χ0) is 21.9. The Kier molecular flexibility index (Phi) is 6.26. The van der Waals surface area contributed by atoms with Crippen LogP contribution >= 0.6 is 0 Å². The van der Waals surface area contributed by atoms with E-state index in [0.29, 0.717) is 22.6 Å². The molecule has 0 aromatic heterocycles. The smallest absolute Gasteiger partial charge is 0.264 e. The fraction of sp³-hybridized carbons (Fsp3) is 0.182. The van der Waals surface area contributed by atoms with Gasteiger partial charge in [-0.3, -0.25) is 4.31 Å². The van der Waals surface area contributed by atoms with Crippen LogP contribution < -0.4 is 13.8 Å². The average Bonchev–Trinajstić information content (AvgIpc) is 2.73. The molecule has 0 fully saturated rings. The van der Waals surface area contributed by atoms with Crippen molar-refractivity contribution in [3.8, 4) is 11.5 Å². The van der Waals surface area contributed by atoms with Crippen LogP contribution in [0.1, 0.15) is 11.1 Å². The molecule has 0 saturated heterocycles. The molecule has 0 aliphatic rings. The highest BCUT2D eigenvalue weighted by Gasteiger charge is 2.26. The van der Waals surface area contributed by atoms with Crippen molar-refractivity contribution in [1.29, 1.82) is 0 Å². The van der Waals surface area contributed by atoms with Crippen LogP contribution in [-0.2, 0) is 16.6 Å². The predicted octanol–water partition coefficient (Wildman–Crippen LogP) is 4.69. The molecule has 0 radical (unpaired) electrons. The molecular formula is C22H21F2NO4S. The molecular weight excluding hydrogens is 412 g/mol. The summed E-state index contributed by atoms with van der Waals surface area (Å²) in [5.41, 5.74) is 1.04. The molecule has 158 valence electrons. The average molecular weight is 433 g/mol. The molecule has 0 aliphatic heterocycles. The van der Waals surface area contributed by atoms with Crippen molar-refractivity contribution in [2.24, 2.45) is 0 Å². The number of benzene rings is 3. The third-order valence-corrected chi connectivity index (χ3v) is 6.33. The van der Waals surface area contributed by atoms with Gasteiger partial charge in [0.15, 0.2) is 0 Å². The van der Waals surface area contributed by atoms with Crippen LogP contribution in [0.5, 0.6) is 11.5 Å². The number of hydrogen-bond donors (Lipinski definition) is 0. The highest BCUT2D eigenvalue weighted by atomic mass is 32.2. The molecule has 0 spiro atoms. The molecule has 0 heterocycles. The van der Waals surface area contributed by atoms with Crippen LogP contribution in [0.4, 0.5) is 14.5 Å². The van der Waals surface area contributed by atoms with E-state index in [1.54, 1.807) is 25.1 Å². The Morgan fingerprint density at radius 3 is 2.13 bits per heavy atom. The van der Waals surface area contributed by atoms with Crippen LogP contribution in [-0.4, -0.2) is 22.6 Å². The van der Waals surface area contributed by atoms with Crippen molar-refractivity contribution in [3.63, 3.8) is 0 Å². The normalized spacial score (nSPS) is 11.2. The predicted molar refractivity (Wildman–Crippen MR) is 110 cm³/mol. The minimum atomic E-state index is -4.20. The standard InChI is InChI=1S/C22H21F2NO4S/c1-15-7-8-18(12-22(15)24)25(30(26,27)21-6-4-5-17(23)11-21)14-16-9-19(28-2)13-20(10-16)29-3/h4-13H,14H2,1-3H3. The zero-order valence-electron chi connectivity index (χ0n) is 16.7. The molecule has 5 nitrogen and oxygen atoms in total. The van der Waals surface area contributed by atoms with Crippen molar-refractivity contribution < 1.29 is 26.7 Å². The van der Waals surface area contributed by atoms with Crippen LogP contribution in [0.25, 0.3) is 0 Å². The van der Waals surface area contributed by atoms with Crippen molar-refractivity contribution >= 4 is 15.7 Å². The Labute approximate surface area is 174 Å². The number of halogens is 2. The number of nitrogens with zero attached hydrogens (tertiary/aromatic N) is 1. The van der Waals surface area contributed by atoms with E-state index >= 15 is 0 Å². The highest BCUT2D eigenvalue weighted by molar-refractivity contribution is 7.92. The number of sulfonamides is 1. The van der Waals surface area contributed by atoms with Crippen molar-refractivity contribution in [2.45, 2.75) is 18.4 Å². The first-order valence-corrected chi connectivity index (χ1v) is 10.4. The lowest BCUT2D eigenvalue weighted by Crippen LogP contribution is -2.30. The molecule has 0 aliphatic carbocycles. The Balaban J connectivity index is 2.14. The Hall–Kier alpha value is -3.13. The number of methoxy groups -OCH3 is 2. The monoisotopic (exact) mass is 433 g/mol. The SMILES string of the molecule is COc1cc(CN(c2ccc(C)c(F)c2)S(=O)(=O)c2cccc(F)c2)cc(OC)c1. The number of anilines is 1. The number of rotatable bonds is 7. The topological polar surface area (TPSA) is 55.8 Å². The van der Waals surface area contributed by atoms with Gasteiger partial charge in [-0.05, 0) is 60.5 Å². The summed E-state index contributed by atoms with van der Waals surface area (Å²) in [7, 11) is -1.24. The summed E-state index contributed by atoms with van der Waals surface area (Å²) in [4.78, 5) is -0.238. The van der Waals surface area contributed by atoms with Gasteiger partial charge in [-0.15, -0.1) is 0 Å². The van der Waals surface area contributed by atoms with Gasteiger partial charge >= 0.3 is 0 Å². The number of ether oxygens (including phenoxy) is 2. The third kappa shape index (κ3) is 4.54. The second kappa shape index (κ2) is 8.71. The first kappa shape index (κ1) is 21.6. The molecule has 8 heteroatoms. The maximum atomic E-state index is 14.2.